The molecule has 0 saturated heterocycles. The second kappa shape index (κ2) is 24.9. The Morgan fingerprint density at radius 2 is 0.806 bits per heavy atom. The molecule has 508 valence electrons. The van der Waals surface area contributed by atoms with Crippen LogP contribution in [0.2, 0.25) is 0 Å². The number of hydrogen-bond donors (Lipinski definition) is 0. The Hall–Kier alpha value is -13.4. The van der Waals surface area contributed by atoms with Gasteiger partial charge in [0.25, 0.3) is 0 Å². The summed E-state index contributed by atoms with van der Waals surface area (Å²) < 4.78 is 0. The van der Waals surface area contributed by atoms with E-state index in [9.17, 15) is 0 Å². The molecule has 0 bridgehead atoms. The molecule has 2 heterocycles. The van der Waals surface area contributed by atoms with Gasteiger partial charge < -0.3 is 9.80 Å². The molecule has 0 aromatic heterocycles. The molecule has 2 heteroatoms. The van der Waals surface area contributed by atoms with Gasteiger partial charge in [-0.1, -0.05) is 346 Å². The molecular formula is C106H74N2. The quantitative estimate of drug-likeness (QED) is 0.119. The number of para-hydroxylation sites is 4. The molecule has 2 nitrogen and oxygen atoms in total. The zero-order valence-corrected chi connectivity index (χ0v) is 60.0. The van der Waals surface area contributed by atoms with Gasteiger partial charge in [0.1, 0.15) is 0 Å². The minimum Gasteiger partial charge on any atom is -0.310 e. The van der Waals surface area contributed by atoms with Crippen LogP contribution in [0.1, 0.15) is 81.0 Å². The highest BCUT2D eigenvalue weighted by molar-refractivity contribution is 6.21. The van der Waals surface area contributed by atoms with E-state index in [1.54, 1.807) is 0 Å². The van der Waals surface area contributed by atoms with Crippen LogP contribution >= 0.6 is 0 Å². The van der Waals surface area contributed by atoms with E-state index in [-0.39, 0.29) is 0 Å². The van der Waals surface area contributed by atoms with Crippen LogP contribution in [0.4, 0.5) is 28.4 Å². The monoisotopic (exact) mass is 1370 g/mol. The van der Waals surface area contributed by atoms with Crippen molar-refractivity contribution in [3.8, 4) is 44.5 Å². The lowest BCUT2D eigenvalue weighted by atomic mass is 9.58. The van der Waals surface area contributed by atoms with Crippen molar-refractivity contribution in [2.24, 2.45) is 0 Å². The zero-order chi connectivity index (χ0) is 71.7. The molecular weight excluding hydrogens is 1300 g/mol. The first-order chi connectivity index (χ1) is 53.5. The van der Waals surface area contributed by atoms with Crippen LogP contribution in [0, 0.1) is 0 Å². The topological polar surface area (TPSA) is 6.48 Å². The molecule has 0 amide bonds. The summed E-state index contributed by atoms with van der Waals surface area (Å²) in [6.07, 6.45) is 13.8. The van der Waals surface area contributed by atoms with Crippen molar-refractivity contribution in [3.05, 3.63) is 479 Å². The maximum atomic E-state index is 5.66. The van der Waals surface area contributed by atoms with Gasteiger partial charge in [-0.3, -0.25) is 0 Å². The molecule has 0 radical (unpaired) electrons. The first kappa shape index (κ1) is 63.1. The molecule has 2 aliphatic heterocycles. The summed E-state index contributed by atoms with van der Waals surface area (Å²) in [5, 5.41) is 7.05. The fourth-order valence-corrected chi connectivity index (χ4v) is 20.3. The van der Waals surface area contributed by atoms with Crippen molar-refractivity contribution in [1.82, 2.24) is 0 Å². The van der Waals surface area contributed by atoms with Crippen LogP contribution in [0.25, 0.3) is 82.4 Å². The molecule has 0 fully saturated rings. The largest absolute Gasteiger partial charge is 0.310 e. The van der Waals surface area contributed by atoms with Crippen LogP contribution < -0.4 is 9.80 Å². The highest BCUT2D eigenvalue weighted by Crippen LogP contribution is 2.68. The second-order valence-electron chi connectivity index (χ2n) is 29.4. The van der Waals surface area contributed by atoms with E-state index >= 15 is 0 Å². The van der Waals surface area contributed by atoms with E-state index < -0.39 is 16.2 Å². The summed E-state index contributed by atoms with van der Waals surface area (Å²) in [4.78, 5) is 5.02. The van der Waals surface area contributed by atoms with Crippen LogP contribution in [0.3, 0.4) is 0 Å². The van der Waals surface area contributed by atoms with E-state index in [0.717, 1.165) is 96.4 Å². The third kappa shape index (κ3) is 8.77. The molecule has 21 rings (SSSR count). The number of anilines is 5. The molecule has 5 aliphatic rings. The molecule has 16 aromatic carbocycles. The maximum absolute atomic E-state index is 5.66. The van der Waals surface area contributed by atoms with Crippen molar-refractivity contribution in [2.75, 3.05) is 9.80 Å². The van der Waals surface area contributed by atoms with Crippen LogP contribution in [0.15, 0.2) is 418 Å². The Kier molecular flexibility index (Phi) is 14.5. The van der Waals surface area contributed by atoms with E-state index in [1.165, 1.54) is 105 Å². The van der Waals surface area contributed by atoms with Crippen molar-refractivity contribution in [1.29, 1.82) is 0 Å². The van der Waals surface area contributed by atoms with Gasteiger partial charge in [-0.15, -0.1) is 0 Å². The summed E-state index contributed by atoms with van der Waals surface area (Å²) in [6.45, 7) is 7.82. The average molecular weight is 1380 g/mol. The molecule has 1 unspecified atom stereocenters. The van der Waals surface area contributed by atoms with Gasteiger partial charge >= 0.3 is 0 Å². The van der Waals surface area contributed by atoms with Crippen molar-refractivity contribution >= 4 is 66.3 Å². The average Bonchev–Trinajstić information content (AvgIpc) is 1.45. The third-order valence-corrected chi connectivity index (χ3v) is 24.3. The number of fused-ring (bicyclic) bond motifs is 17. The lowest BCUT2D eigenvalue weighted by Crippen LogP contribution is -2.41. The molecule has 16 aromatic rings. The number of hydrogen-bond acceptors (Lipinski definition) is 2. The Balaban J connectivity index is 0.940. The second-order valence-corrected chi connectivity index (χ2v) is 29.4. The van der Waals surface area contributed by atoms with Crippen molar-refractivity contribution < 1.29 is 0 Å². The van der Waals surface area contributed by atoms with E-state index in [2.05, 4.69) is 411 Å². The van der Waals surface area contributed by atoms with Gasteiger partial charge in [-0.25, -0.2) is 0 Å². The first-order valence-corrected chi connectivity index (χ1v) is 38.0. The maximum Gasteiger partial charge on any atom is 0.0748 e. The molecule has 0 N–H and O–H groups in total. The molecule has 0 saturated carbocycles. The third-order valence-electron chi connectivity index (χ3n) is 24.3. The highest BCUT2D eigenvalue weighted by atomic mass is 15.2. The SMILES string of the molecule is C=C(C1=C(/C=C\C)N(c2ccccc2)c2ccccc2C1(C1=CCCC=C1)c1ccccc1)c1cccc2c(-c3cccc4c3C3(c5ccccc5-c5ccccc53)c3ccc5ccccc5c3-4)c3cccc(-c4cccc5c4C(c4ccccc4)(c4ccccc4)c4ccccc4N5c4ccccc4)c3cc12. The van der Waals surface area contributed by atoms with Crippen LogP contribution in [-0.4, -0.2) is 0 Å². The van der Waals surface area contributed by atoms with Crippen LogP contribution in [-0.2, 0) is 16.2 Å². The zero-order valence-electron chi connectivity index (χ0n) is 60.0. The van der Waals surface area contributed by atoms with Gasteiger partial charge in [0.15, 0.2) is 0 Å². The highest BCUT2D eigenvalue weighted by Gasteiger charge is 2.55. The van der Waals surface area contributed by atoms with Crippen molar-refractivity contribution in [3.63, 3.8) is 0 Å². The molecule has 3 aliphatic carbocycles. The Morgan fingerprint density at radius 3 is 1.44 bits per heavy atom. The fourth-order valence-electron chi connectivity index (χ4n) is 20.3. The number of nitrogens with zero attached hydrogens (tertiary/aromatic N) is 2. The van der Waals surface area contributed by atoms with Gasteiger partial charge in [-0.2, -0.15) is 0 Å². The van der Waals surface area contributed by atoms with E-state index in [0.29, 0.717) is 0 Å². The lowest BCUT2D eigenvalue weighted by Gasteiger charge is -2.49. The molecule has 1 spiro atoms. The summed E-state index contributed by atoms with van der Waals surface area (Å²) >= 11 is 0. The number of allylic oxidation sites excluding steroid dienone is 8. The predicted molar refractivity (Wildman–Crippen MR) is 452 cm³/mol. The molecule has 108 heavy (non-hydrogen) atoms. The summed E-state index contributed by atoms with van der Waals surface area (Å²) in [7, 11) is 0. The first-order valence-electron chi connectivity index (χ1n) is 38.0. The fraction of sp³-hybridized carbons (Fsp3) is 0.0566. The predicted octanol–water partition coefficient (Wildman–Crippen LogP) is 27.2. The minimum atomic E-state index is -0.842. The Morgan fingerprint density at radius 1 is 0.333 bits per heavy atom. The summed E-state index contributed by atoms with van der Waals surface area (Å²) in [5.41, 5.74) is 30.8. The minimum absolute atomic E-state index is 0.706. The number of benzene rings is 16. The van der Waals surface area contributed by atoms with Gasteiger partial charge in [0.2, 0.25) is 0 Å². The summed E-state index contributed by atoms with van der Waals surface area (Å²) in [5.74, 6) is 0. The normalized spacial score (nSPS) is 16.1. The van der Waals surface area contributed by atoms with Crippen LogP contribution in [0.5, 0.6) is 0 Å². The summed E-state index contributed by atoms with van der Waals surface area (Å²) in [6, 6.07) is 138. The lowest BCUT2D eigenvalue weighted by molar-refractivity contribution is 0.710. The van der Waals surface area contributed by atoms with Gasteiger partial charge in [0.05, 0.1) is 39.0 Å². The Labute approximate surface area is 631 Å². The van der Waals surface area contributed by atoms with E-state index in [4.69, 9.17) is 6.58 Å². The van der Waals surface area contributed by atoms with Gasteiger partial charge in [-0.05, 0) is 218 Å². The van der Waals surface area contributed by atoms with Gasteiger partial charge in [0, 0.05) is 22.5 Å². The Bertz CT molecular complexity index is 6430. The number of rotatable bonds is 11. The van der Waals surface area contributed by atoms with E-state index in [1.807, 2.05) is 0 Å². The standard InChI is InChI=1S/C106H74N2/c1-3-36-97-101(104(72-38-10-4-11-39-72,73-40-12-5-13-41-73)92-62-28-30-64-95(92)107(97)76-46-18-8-19-47-76)70(2)78-53-32-55-83-88(78)69-89-80(85-57-35-66-98-103(85)105(74-42-14-6-15-43-74,75-44-16-7-17-45-75)93-63-29-31-65-96(93)108(98)77-48-20-9-21-49-77)54-33-56-84(89)99(83)86-58-34-59-87-100-79-50-23-22-37-71(79)67-68-94(100)106(102(86)87)90-60-26-24-51-81(90)82-52-25-27-61-91(82)106/h3-4,6-12,14-69H,2,5,13H2,1H3/b36-3-. The van der Waals surface area contributed by atoms with Crippen molar-refractivity contribution in [2.45, 2.75) is 36.0 Å². The smallest absolute Gasteiger partial charge is 0.0748 e. The molecule has 1 atom stereocenters.